The maximum atomic E-state index is 5.96. The van der Waals surface area contributed by atoms with Crippen molar-refractivity contribution in [3.8, 4) is 0 Å². The molecule has 0 aliphatic heterocycles. The summed E-state index contributed by atoms with van der Waals surface area (Å²) < 4.78 is 5.96. The van der Waals surface area contributed by atoms with Crippen LogP contribution < -0.4 is 0 Å². The Bertz CT molecular complexity index is 1010. The van der Waals surface area contributed by atoms with Crippen molar-refractivity contribution < 1.29 is 4.42 Å². The normalized spacial score (nSPS) is 12.0. The number of fused-ring (bicyclic) bond motifs is 6. The maximum Gasteiger partial charge on any atom is 0.136 e. The summed E-state index contributed by atoms with van der Waals surface area (Å²) in [6.07, 6.45) is 0. The van der Waals surface area contributed by atoms with Crippen molar-refractivity contribution in [1.82, 2.24) is 4.98 Å². The molecule has 0 atom stereocenters. The van der Waals surface area contributed by atoms with Gasteiger partial charge in [-0.2, -0.15) is 0 Å². The van der Waals surface area contributed by atoms with E-state index in [1.54, 1.807) is 0 Å². The third-order valence-corrected chi connectivity index (χ3v) is 4.00. The molecule has 2 heterocycles. The lowest BCUT2D eigenvalue weighted by Crippen LogP contribution is -1.69. The Morgan fingerprint density at radius 2 is 1.40 bits per heavy atom. The van der Waals surface area contributed by atoms with Gasteiger partial charge in [0.1, 0.15) is 11.2 Å². The lowest BCUT2D eigenvalue weighted by atomic mass is 10.1. The number of nitrogens with one attached hydrogen (secondary N) is 1. The molecule has 0 radical (unpaired) electrons. The number of para-hydroxylation sites is 2. The summed E-state index contributed by atoms with van der Waals surface area (Å²) >= 11 is 0. The fourth-order valence-corrected chi connectivity index (χ4v) is 3.07. The number of H-pyrrole nitrogens is 1. The zero-order chi connectivity index (χ0) is 13.1. The highest BCUT2D eigenvalue weighted by atomic mass is 16.3. The van der Waals surface area contributed by atoms with E-state index in [1.165, 1.54) is 27.1 Å². The average Bonchev–Trinajstić information content (AvgIpc) is 3.02. The van der Waals surface area contributed by atoms with Gasteiger partial charge in [-0.15, -0.1) is 0 Å². The summed E-state index contributed by atoms with van der Waals surface area (Å²) in [6, 6.07) is 20.9. The summed E-state index contributed by atoms with van der Waals surface area (Å²) in [5, 5.41) is 4.79. The first-order chi connectivity index (χ1) is 9.90. The molecule has 0 aliphatic rings. The van der Waals surface area contributed by atoms with E-state index in [-0.39, 0.29) is 0 Å². The second-order valence-electron chi connectivity index (χ2n) is 5.16. The Kier molecular flexibility index (Phi) is 1.73. The van der Waals surface area contributed by atoms with Crippen molar-refractivity contribution in [2.75, 3.05) is 0 Å². The molecular weight excluding hydrogens is 246 g/mol. The second kappa shape index (κ2) is 3.42. The first-order valence-corrected chi connectivity index (χ1v) is 6.72. The summed E-state index contributed by atoms with van der Waals surface area (Å²) in [4.78, 5) is 3.48. The highest BCUT2D eigenvalue weighted by Crippen LogP contribution is 2.34. The molecular formula is C18H11NO. The fourth-order valence-electron chi connectivity index (χ4n) is 3.07. The molecule has 20 heavy (non-hydrogen) atoms. The van der Waals surface area contributed by atoms with Crippen molar-refractivity contribution in [2.45, 2.75) is 0 Å². The van der Waals surface area contributed by atoms with Crippen LogP contribution in [0.2, 0.25) is 0 Å². The molecule has 0 bridgehead atoms. The molecule has 0 fully saturated rings. The van der Waals surface area contributed by atoms with Gasteiger partial charge in [0.15, 0.2) is 0 Å². The molecule has 0 aliphatic carbocycles. The number of hydrogen-bond donors (Lipinski definition) is 1. The Morgan fingerprint density at radius 1 is 0.600 bits per heavy atom. The van der Waals surface area contributed by atoms with Gasteiger partial charge in [-0.25, -0.2) is 0 Å². The molecule has 2 nitrogen and oxygen atoms in total. The van der Waals surface area contributed by atoms with Crippen LogP contribution in [0, 0.1) is 0 Å². The number of furan rings is 1. The van der Waals surface area contributed by atoms with Crippen LogP contribution in [0.5, 0.6) is 0 Å². The third kappa shape index (κ3) is 1.18. The minimum atomic E-state index is 0.944. The molecule has 0 spiro atoms. The van der Waals surface area contributed by atoms with E-state index in [9.17, 15) is 0 Å². The lowest BCUT2D eigenvalue weighted by Gasteiger charge is -1.92. The Labute approximate surface area is 114 Å². The average molecular weight is 257 g/mol. The lowest BCUT2D eigenvalue weighted by molar-refractivity contribution is 0.669. The first kappa shape index (κ1) is 10.1. The largest absolute Gasteiger partial charge is 0.456 e. The number of hydrogen-bond acceptors (Lipinski definition) is 1. The Balaban J connectivity index is 2.05. The second-order valence-corrected chi connectivity index (χ2v) is 5.16. The minimum absolute atomic E-state index is 0.944. The smallest absolute Gasteiger partial charge is 0.136 e. The van der Waals surface area contributed by atoms with Gasteiger partial charge in [0.05, 0.1) is 0 Å². The predicted octanol–water partition coefficient (Wildman–Crippen LogP) is 5.22. The van der Waals surface area contributed by atoms with Crippen LogP contribution in [0.3, 0.4) is 0 Å². The molecule has 0 unspecified atom stereocenters. The zero-order valence-electron chi connectivity index (χ0n) is 10.7. The molecule has 2 heteroatoms. The summed E-state index contributed by atoms with van der Waals surface area (Å²) in [7, 11) is 0. The maximum absolute atomic E-state index is 5.96. The van der Waals surface area contributed by atoms with Crippen molar-refractivity contribution in [1.29, 1.82) is 0 Å². The quantitative estimate of drug-likeness (QED) is 0.405. The van der Waals surface area contributed by atoms with Crippen molar-refractivity contribution in [3.05, 3.63) is 60.7 Å². The van der Waals surface area contributed by atoms with Gasteiger partial charge < -0.3 is 9.40 Å². The van der Waals surface area contributed by atoms with Crippen LogP contribution in [0.25, 0.3) is 43.7 Å². The van der Waals surface area contributed by atoms with Crippen LogP contribution in [0.4, 0.5) is 0 Å². The van der Waals surface area contributed by atoms with Gasteiger partial charge in [0.25, 0.3) is 0 Å². The van der Waals surface area contributed by atoms with Crippen molar-refractivity contribution in [3.63, 3.8) is 0 Å². The molecule has 1 N–H and O–H groups in total. The van der Waals surface area contributed by atoms with Gasteiger partial charge in [-0.1, -0.05) is 36.4 Å². The van der Waals surface area contributed by atoms with Gasteiger partial charge in [0, 0.05) is 32.6 Å². The molecule has 3 aromatic carbocycles. The molecule has 0 saturated carbocycles. The predicted molar refractivity (Wildman–Crippen MR) is 83.1 cm³/mol. The van der Waals surface area contributed by atoms with Gasteiger partial charge in [-0.3, -0.25) is 0 Å². The summed E-state index contributed by atoms with van der Waals surface area (Å²) in [6.45, 7) is 0. The van der Waals surface area contributed by atoms with Crippen LogP contribution in [-0.4, -0.2) is 4.98 Å². The van der Waals surface area contributed by atoms with Gasteiger partial charge in [0.2, 0.25) is 0 Å². The Morgan fingerprint density at radius 3 is 2.35 bits per heavy atom. The third-order valence-electron chi connectivity index (χ3n) is 4.00. The molecule has 5 rings (SSSR count). The SMILES string of the molecule is c1ccc2c(c1)[nH]c1cc3c(cc12)oc1ccccc13. The number of benzene rings is 3. The molecule has 0 amide bonds. The summed E-state index contributed by atoms with van der Waals surface area (Å²) in [5.74, 6) is 0. The highest BCUT2D eigenvalue weighted by molar-refractivity contribution is 6.15. The first-order valence-electron chi connectivity index (χ1n) is 6.72. The molecule has 2 aromatic heterocycles. The van der Waals surface area contributed by atoms with Crippen LogP contribution in [0.15, 0.2) is 65.1 Å². The number of rotatable bonds is 0. The van der Waals surface area contributed by atoms with E-state index in [4.69, 9.17) is 4.42 Å². The van der Waals surface area contributed by atoms with E-state index in [2.05, 4.69) is 47.4 Å². The van der Waals surface area contributed by atoms with E-state index >= 15 is 0 Å². The van der Waals surface area contributed by atoms with Crippen LogP contribution >= 0.6 is 0 Å². The topological polar surface area (TPSA) is 28.9 Å². The van der Waals surface area contributed by atoms with E-state index < -0.39 is 0 Å². The number of aromatic amines is 1. The monoisotopic (exact) mass is 257 g/mol. The molecule has 0 saturated heterocycles. The Hall–Kier alpha value is -2.74. The standard InChI is InChI=1S/C18H11NO/c1-3-7-15-11(5-1)13-10-18-14(9-16(13)19-15)12-6-2-4-8-17(12)20-18/h1-10,19H. The van der Waals surface area contributed by atoms with Gasteiger partial charge >= 0.3 is 0 Å². The van der Waals surface area contributed by atoms with Crippen LogP contribution in [-0.2, 0) is 0 Å². The highest BCUT2D eigenvalue weighted by Gasteiger charge is 2.10. The molecule has 5 aromatic rings. The van der Waals surface area contributed by atoms with E-state index in [1.807, 2.05) is 18.2 Å². The fraction of sp³-hybridized carbons (Fsp3) is 0. The molecule has 94 valence electrons. The minimum Gasteiger partial charge on any atom is -0.456 e. The van der Waals surface area contributed by atoms with Crippen molar-refractivity contribution in [2.24, 2.45) is 0 Å². The summed E-state index contributed by atoms with van der Waals surface area (Å²) in [5.41, 5.74) is 4.22. The zero-order valence-corrected chi connectivity index (χ0v) is 10.7. The van der Waals surface area contributed by atoms with Gasteiger partial charge in [-0.05, 0) is 24.3 Å². The number of aromatic nitrogens is 1. The van der Waals surface area contributed by atoms with Crippen molar-refractivity contribution >= 4 is 43.7 Å². The van der Waals surface area contributed by atoms with E-state index in [0.29, 0.717) is 0 Å². The van der Waals surface area contributed by atoms with Crippen LogP contribution in [0.1, 0.15) is 0 Å². The van der Waals surface area contributed by atoms with E-state index in [0.717, 1.165) is 16.7 Å².